The summed E-state index contributed by atoms with van der Waals surface area (Å²) in [5.41, 5.74) is 3.99. The highest BCUT2D eigenvalue weighted by atomic mass is 16.4. The molecule has 0 bridgehead atoms. The Hall–Kier alpha value is -2.29. The van der Waals surface area contributed by atoms with E-state index in [1.54, 1.807) is 6.07 Å². The molecule has 0 atom stereocenters. The van der Waals surface area contributed by atoms with Gasteiger partial charge < -0.3 is 10.2 Å². The molecular weight excluding hydrogens is 348 g/mol. The maximum absolute atomic E-state index is 11.7. The topological polar surface area (TPSA) is 57.5 Å². The van der Waals surface area contributed by atoms with Crippen molar-refractivity contribution >= 4 is 5.97 Å². The van der Waals surface area contributed by atoms with Crippen LogP contribution in [-0.2, 0) is 0 Å². The van der Waals surface area contributed by atoms with Crippen molar-refractivity contribution in [3.05, 3.63) is 53.1 Å². The summed E-state index contributed by atoms with van der Waals surface area (Å²) < 4.78 is 0. The van der Waals surface area contributed by atoms with Crippen molar-refractivity contribution in [2.24, 2.45) is 0 Å². The van der Waals surface area contributed by atoms with E-state index < -0.39 is 5.97 Å². The van der Waals surface area contributed by atoms with Gasteiger partial charge in [0.25, 0.3) is 0 Å². The van der Waals surface area contributed by atoms with Crippen LogP contribution in [-0.4, -0.2) is 16.2 Å². The van der Waals surface area contributed by atoms with Crippen LogP contribution in [0.15, 0.2) is 36.4 Å². The van der Waals surface area contributed by atoms with Gasteiger partial charge in [-0.05, 0) is 66.3 Å². The molecule has 2 N–H and O–H groups in total. The van der Waals surface area contributed by atoms with Gasteiger partial charge in [-0.15, -0.1) is 0 Å². The second-order valence-corrected chi connectivity index (χ2v) is 8.56. The van der Waals surface area contributed by atoms with Gasteiger partial charge in [0, 0.05) is 5.56 Å². The fourth-order valence-electron chi connectivity index (χ4n) is 5.08. The quantitative estimate of drug-likeness (QED) is 0.611. The average Bonchev–Trinajstić information content (AvgIpc) is 2.75. The molecule has 2 saturated carbocycles. The monoisotopic (exact) mass is 378 g/mol. The number of benzene rings is 2. The van der Waals surface area contributed by atoms with Gasteiger partial charge in [0.15, 0.2) is 0 Å². The fraction of sp³-hybridized carbons (Fsp3) is 0.480. The molecule has 0 saturated heterocycles. The molecular formula is C25H30O3. The molecule has 0 unspecified atom stereocenters. The minimum Gasteiger partial charge on any atom is -0.506 e. The van der Waals surface area contributed by atoms with Crippen molar-refractivity contribution in [3.63, 3.8) is 0 Å². The van der Waals surface area contributed by atoms with Crippen molar-refractivity contribution in [1.29, 1.82) is 0 Å². The number of carboxylic acids is 1. The number of rotatable bonds is 4. The van der Waals surface area contributed by atoms with Gasteiger partial charge in [0.1, 0.15) is 11.3 Å². The Balaban J connectivity index is 1.69. The molecule has 0 aliphatic heterocycles. The Bertz CT molecular complexity index is 826. The summed E-state index contributed by atoms with van der Waals surface area (Å²) in [4.78, 5) is 11.7. The van der Waals surface area contributed by atoms with Crippen LogP contribution in [0.2, 0.25) is 0 Å². The number of aromatic hydroxyl groups is 1. The zero-order chi connectivity index (χ0) is 19.5. The second-order valence-electron chi connectivity index (χ2n) is 8.56. The van der Waals surface area contributed by atoms with Crippen molar-refractivity contribution in [1.82, 2.24) is 0 Å². The summed E-state index contributed by atoms with van der Waals surface area (Å²) in [6, 6.07) is 12.1. The van der Waals surface area contributed by atoms with E-state index in [1.165, 1.54) is 56.9 Å². The molecule has 2 aliphatic carbocycles. The Morgan fingerprint density at radius 1 is 0.750 bits per heavy atom. The SMILES string of the molecule is O=C(O)c1cc(C2CCCCC2)cc(-c2ccc(C3CCCCC3)cc2)c1O. The van der Waals surface area contributed by atoms with E-state index in [1.807, 2.05) is 6.07 Å². The van der Waals surface area contributed by atoms with Gasteiger partial charge in [-0.2, -0.15) is 0 Å². The number of carboxylic acid groups (broad SMARTS) is 1. The first-order chi connectivity index (χ1) is 13.6. The highest BCUT2D eigenvalue weighted by molar-refractivity contribution is 5.94. The summed E-state index contributed by atoms with van der Waals surface area (Å²) >= 11 is 0. The predicted molar refractivity (Wildman–Crippen MR) is 112 cm³/mol. The van der Waals surface area contributed by atoms with Crippen LogP contribution >= 0.6 is 0 Å². The molecule has 148 valence electrons. The van der Waals surface area contributed by atoms with Crippen molar-refractivity contribution in [2.75, 3.05) is 0 Å². The smallest absolute Gasteiger partial charge is 0.339 e. The lowest BCUT2D eigenvalue weighted by Gasteiger charge is -2.24. The van der Waals surface area contributed by atoms with Gasteiger partial charge in [0.05, 0.1) is 0 Å². The number of carbonyl (C=O) groups is 1. The van der Waals surface area contributed by atoms with Gasteiger partial charge in [-0.25, -0.2) is 4.79 Å². The molecule has 2 aromatic rings. The number of hydrogen-bond acceptors (Lipinski definition) is 2. The van der Waals surface area contributed by atoms with Gasteiger partial charge >= 0.3 is 5.97 Å². The van der Waals surface area contributed by atoms with E-state index in [-0.39, 0.29) is 11.3 Å². The van der Waals surface area contributed by atoms with Crippen LogP contribution in [0.1, 0.15) is 97.5 Å². The molecule has 0 spiro atoms. The maximum Gasteiger partial charge on any atom is 0.339 e. The van der Waals surface area contributed by atoms with Gasteiger partial charge in [0.2, 0.25) is 0 Å². The van der Waals surface area contributed by atoms with Crippen LogP contribution in [0.5, 0.6) is 5.75 Å². The Kier molecular flexibility index (Phi) is 5.70. The lowest BCUT2D eigenvalue weighted by Crippen LogP contribution is -2.07. The Morgan fingerprint density at radius 2 is 1.29 bits per heavy atom. The molecule has 0 heterocycles. The molecule has 0 aromatic heterocycles. The summed E-state index contributed by atoms with van der Waals surface area (Å²) in [5.74, 6) is -0.139. The second kappa shape index (κ2) is 8.38. The molecule has 28 heavy (non-hydrogen) atoms. The van der Waals surface area contributed by atoms with E-state index in [4.69, 9.17) is 0 Å². The highest BCUT2D eigenvalue weighted by Crippen LogP contribution is 2.40. The van der Waals surface area contributed by atoms with Crippen LogP contribution < -0.4 is 0 Å². The predicted octanol–water partition coefficient (Wildman–Crippen LogP) is 6.85. The van der Waals surface area contributed by atoms with E-state index in [0.29, 0.717) is 17.4 Å². The highest BCUT2D eigenvalue weighted by Gasteiger charge is 2.22. The minimum atomic E-state index is -1.06. The summed E-state index contributed by atoms with van der Waals surface area (Å²) in [6.07, 6.45) is 12.3. The first-order valence-electron chi connectivity index (χ1n) is 10.8. The van der Waals surface area contributed by atoms with E-state index >= 15 is 0 Å². The molecule has 4 rings (SSSR count). The maximum atomic E-state index is 11.7. The van der Waals surface area contributed by atoms with Gasteiger partial charge in [-0.3, -0.25) is 0 Å². The summed E-state index contributed by atoms with van der Waals surface area (Å²) in [7, 11) is 0. The zero-order valence-corrected chi connectivity index (χ0v) is 16.5. The normalized spacial score (nSPS) is 18.9. The van der Waals surface area contributed by atoms with Gasteiger partial charge in [-0.1, -0.05) is 62.8 Å². The number of hydrogen-bond donors (Lipinski definition) is 2. The molecule has 3 heteroatoms. The van der Waals surface area contributed by atoms with E-state index in [2.05, 4.69) is 24.3 Å². The number of phenols is 1. The van der Waals surface area contributed by atoms with Crippen molar-refractivity contribution in [3.8, 4) is 16.9 Å². The first kappa shape index (κ1) is 19.0. The molecule has 2 aliphatic rings. The average molecular weight is 379 g/mol. The van der Waals surface area contributed by atoms with Crippen LogP contribution in [0.25, 0.3) is 11.1 Å². The number of aromatic carboxylic acids is 1. The van der Waals surface area contributed by atoms with E-state index in [9.17, 15) is 15.0 Å². The van der Waals surface area contributed by atoms with Crippen LogP contribution in [0.3, 0.4) is 0 Å². The molecule has 2 fully saturated rings. The standard InChI is InChI=1S/C25H30O3/c26-24-22(20-13-11-19(12-14-20)17-7-3-1-4-8-17)15-21(16-23(24)25(27)28)18-9-5-2-6-10-18/h11-18,26H,1-10H2,(H,27,28). The van der Waals surface area contributed by atoms with E-state index in [0.717, 1.165) is 24.0 Å². The van der Waals surface area contributed by atoms with Crippen LogP contribution in [0, 0.1) is 0 Å². The fourth-order valence-corrected chi connectivity index (χ4v) is 5.08. The molecule has 2 aromatic carbocycles. The third kappa shape index (κ3) is 3.94. The lowest BCUT2D eigenvalue weighted by atomic mass is 9.81. The van der Waals surface area contributed by atoms with Crippen LogP contribution in [0.4, 0.5) is 0 Å². The largest absolute Gasteiger partial charge is 0.506 e. The third-order valence-corrected chi connectivity index (χ3v) is 6.74. The molecule has 0 radical (unpaired) electrons. The Labute approximate surface area is 167 Å². The van der Waals surface area contributed by atoms with Crippen molar-refractivity contribution < 1.29 is 15.0 Å². The Morgan fingerprint density at radius 3 is 1.82 bits per heavy atom. The first-order valence-corrected chi connectivity index (χ1v) is 10.8. The lowest BCUT2D eigenvalue weighted by molar-refractivity contribution is 0.0693. The molecule has 3 nitrogen and oxygen atoms in total. The third-order valence-electron chi connectivity index (χ3n) is 6.74. The van der Waals surface area contributed by atoms with Crippen molar-refractivity contribution in [2.45, 2.75) is 76.0 Å². The molecule has 0 amide bonds. The summed E-state index contributed by atoms with van der Waals surface area (Å²) in [6.45, 7) is 0. The minimum absolute atomic E-state index is 0.0226. The zero-order valence-electron chi connectivity index (χ0n) is 16.5. The summed E-state index contributed by atoms with van der Waals surface area (Å²) in [5, 5.41) is 20.3.